The van der Waals surface area contributed by atoms with Gasteiger partial charge < -0.3 is 0 Å². The first-order valence-electron chi connectivity index (χ1n) is 6.86. The van der Waals surface area contributed by atoms with E-state index in [1.54, 1.807) is 0 Å². The molecule has 0 spiro atoms. The Morgan fingerprint density at radius 1 is 1.00 bits per heavy atom. The first-order chi connectivity index (χ1) is 9.38. The summed E-state index contributed by atoms with van der Waals surface area (Å²) in [5.41, 5.74) is 4.31. The van der Waals surface area contributed by atoms with Crippen LogP contribution in [0.1, 0.15) is 42.3 Å². The van der Waals surface area contributed by atoms with E-state index in [1.165, 1.54) is 16.7 Å². The third-order valence-corrected chi connectivity index (χ3v) is 4.72. The Labute approximate surface area is 138 Å². The topological polar surface area (TPSA) is 0 Å². The zero-order valence-corrected chi connectivity index (χ0v) is 15.3. The molecule has 0 saturated carbocycles. The van der Waals surface area contributed by atoms with Crippen LogP contribution in [0.25, 0.3) is 0 Å². The number of hydrogen-bond acceptors (Lipinski definition) is 0. The molecule has 106 valence electrons. The summed E-state index contributed by atoms with van der Waals surface area (Å²) in [6.07, 6.45) is 0.993. The Balaban J connectivity index is 2.28. The normalized spacial score (nSPS) is 13.2. The van der Waals surface area contributed by atoms with Gasteiger partial charge in [0.2, 0.25) is 0 Å². The molecule has 2 aromatic rings. The molecule has 0 fully saturated rings. The molecule has 20 heavy (non-hydrogen) atoms. The summed E-state index contributed by atoms with van der Waals surface area (Å²) in [4.78, 5) is 0.340. The lowest BCUT2D eigenvalue weighted by molar-refractivity contribution is 0.581. The lowest BCUT2D eigenvalue weighted by atomic mass is 9.82. The Kier molecular flexibility index (Phi) is 5.09. The fraction of sp³-hybridized carbons (Fsp3) is 0.333. The van der Waals surface area contributed by atoms with Crippen LogP contribution < -0.4 is 0 Å². The molecular weight excluding hydrogens is 376 g/mol. The molecule has 0 amide bonds. The van der Waals surface area contributed by atoms with Crippen LogP contribution in [0.5, 0.6) is 0 Å². The monoisotopic (exact) mass is 394 g/mol. The fourth-order valence-electron chi connectivity index (χ4n) is 2.43. The van der Waals surface area contributed by atoms with Crippen molar-refractivity contribution in [2.45, 2.75) is 37.4 Å². The molecule has 0 nitrogen and oxygen atoms in total. The highest BCUT2D eigenvalue weighted by Gasteiger charge is 2.21. The highest BCUT2D eigenvalue weighted by molar-refractivity contribution is 9.10. The second-order valence-electron chi connectivity index (χ2n) is 6.14. The minimum Gasteiger partial charge on any atom is -0.0835 e. The lowest BCUT2D eigenvalue weighted by Crippen LogP contribution is -2.15. The predicted molar refractivity (Wildman–Crippen MR) is 94.7 cm³/mol. The van der Waals surface area contributed by atoms with Gasteiger partial charge in [0.15, 0.2) is 0 Å². The molecule has 2 aromatic carbocycles. The van der Waals surface area contributed by atoms with Gasteiger partial charge in [-0.25, -0.2) is 0 Å². The average Bonchev–Trinajstić information content (AvgIpc) is 2.37. The van der Waals surface area contributed by atoms with E-state index in [9.17, 15) is 0 Å². The van der Waals surface area contributed by atoms with Gasteiger partial charge in [0.1, 0.15) is 0 Å². The Morgan fingerprint density at radius 3 is 2.35 bits per heavy atom. The smallest absolute Gasteiger partial charge is 0.0438 e. The molecule has 0 aliphatic carbocycles. The van der Waals surface area contributed by atoms with Gasteiger partial charge in [-0.2, -0.15) is 0 Å². The molecule has 1 atom stereocenters. The second-order valence-corrected chi connectivity index (χ2v) is 8.16. The van der Waals surface area contributed by atoms with Gasteiger partial charge in [-0.1, -0.05) is 89.0 Å². The molecule has 0 saturated heterocycles. The summed E-state index contributed by atoms with van der Waals surface area (Å²) in [6, 6.07) is 17.3. The lowest BCUT2D eigenvalue weighted by Gasteiger charge is -2.25. The fourth-order valence-corrected chi connectivity index (χ4v) is 3.65. The molecule has 0 N–H and O–H groups in total. The van der Waals surface area contributed by atoms with Crippen molar-refractivity contribution < 1.29 is 0 Å². The Morgan fingerprint density at radius 2 is 1.70 bits per heavy atom. The van der Waals surface area contributed by atoms with Crippen molar-refractivity contribution >= 4 is 31.9 Å². The van der Waals surface area contributed by atoms with Crippen LogP contribution in [-0.2, 0) is 11.8 Å². The van der Waals surface area contributed by atoms with Crippen LogP contribution in [-0.4, -0.2) is 0 Å². The Hall–Kier alpha value is -0.600. The third kappa shape index (κ3) is 3.95. The van der Waals surface area contributed by atoms with Crippen LogP contribution in [0.4, 0.5) is 0 Å². The van der Waals surface area contributed by atoms with Crippen molar-refractivity contribution in [2.75, 3.05) is 0 Å². The van der Waals surface area contributed by atoms with E-state index in [-0.39, 0.29) is 5.41 Å². The number of rotatable bonds is 3. The van der Waals surface area contributed by atoms with Gasteiger partial charge in [-0.15, -0.1) is 0 Å². The van der Waals surface area contributed by atoms with E-state index in [2.05, 4.69) is 101 Å². The van der Waals surface area contributed by atoms with Crippen molar-refractivity contribution in [2.24, 2.45) is 0 Å². The van der Waals surface area contributed by atoms with Crippen molar-refractivity contribution in [1.82, 2.24) is 0 Å². The summed E-state index contributed by atoms with van der Waals surface area (Å²) in [7, 11) is 0. The molecular formula is C18H20Br2. The summed E-state index contributed by atoms with van der Waals surface area (Å²) in [5.74, 6) is 0. The van der Waals surface area contributed by atoms with Gasteiger partial charge in [0.05, 0.1) is 0 Å². The van der Waals surface area contributed by atoms with E-state index >= 15 is 0 Å². The van der Waals surface area contributed by atoms with E-state index < -0.39 is 0 Å². The zero-order chi connectivity index (χ0) is 14.8. The van der Waals surface area contributed by atoms with Crippen molar-refractivity contribution in [3.63, 3.8) is 0 Å². The predicted octanol–water partition coefficient (Wildman–Crippen LogP) is 6.43. The summed E-state index contributed by atoms with van der Waals surface area (Å²) >= 11 is 7.41. The maximum absolute atomic E-state index is 3.88. The van der Waals surface area contributed by atoms with Crippen molar-refractivity contribution in [3.8, 4) is 0 Å². The molecule has 0 heterocycles. The molecule has 0 bridgehead atoms. The third-order valence-electron chi connectivity index (χ3n) is 3.41. The minimum absolute atomic E-state index is 0.167. The molecule has 0 radical (unpaired) electrons. The molecule has 0 aromatic heterocycles. The van der Waals surface area contributed by atoms with Crippen LogP contribution >= 0.6 is 31.9 Å². The number of halogens is 2. The second kappa shape index (κ2) is 6.44. The van der Waals surface area contributed by atoms with E-state index in [4.69, 9.17) is 0 Å². The van der Waals surface area contributed by atoms with Crippen LogP contribution in [0, 0.1) is 0 Å². The zero-order valence-electron chi connectivity index (χ0n) is 12.2. The van der Waals surface area contributed by atoms with Gasteiger partial charge in [0.25, 0.3) is 0 Å². The summed E-state index contributed by atoms with van der Waals surface area (Å²) in [5, 5.41) is 0. The molecule has 0 aliphatic rings. The molecule has 0 aliphatic heterocycles. The standard InChI is InChI=1S/C18H20Br2/c1-18(2,3)16-10-5-4-9-15(16)17(20)12-13-7-6-8-14(19)11-13/h4-11,17H,12H2,1-3H3. The average molecular weight is 396 g/mol. The SMILES string of the molecule is CC(C)(C)c1ccccc1C(Br)Cc1cccc(Br)c1. The van der Waals surface area contributed by atoms with E-state index in [1.807, 2.05) is 0 Å². The molecule has 2 rings (SSSR count). The van der Waals surface area contributed by atoms with Gasteiger partial charge in [-0.05, 0) is 40.7 Å². The van der Waals surface area contributed by atoms with Gasteiger partial charge in [-0.3, -0.25) is 0 Å². The maximum atomic E-state index is 3.88. The molecule has 1 unspecified atom stereocenters. The number of alkyl halides is 1. The van der Waals surface area contributed by atoms with Gasteiger partial charge in [0, 0.05) is 9.30 Å². The molecule has 2 heteroatoms. The summed E-state index contributed by atoms with van der Waals surface area (Å²) < 4.78 is 1.14. The highest BCUT2D eigenvalue weighted by Crippen LogP contribution is 2.35. The quantitative estimate of drug-likeness (QED) is 0.525. The first kappa shape index (κ1) is 15.8. The first-order valence-corrected chi connectivity index (χ1v) is 8.57. The van der Waals surface area contributed by atoms with E-state index in [0.29, 0.717) is 4.83 Å². The van der Waals surface area contributed by atoms with Gasteiger partial charge >= 0.3 is 0 Å². The number of benzene rings is 2. The largest absolute Gasteiger partial charge is 0.0835 e. The van der Waals surface area contributed by atoms with Crippen molar-refractivity contribution in [3.05, 3.63) is 69.7 Å². The number of hydrogen-bond donors (Lipinski definition) is 0. The van der Waals surface area contributed by atoms with Crippen LogP contribution in [0.3, 0.4) is 0 Å². The summed E-state index contributed by atoms with van der Waals surface area (Å²) in [6.45, 7) is 6.81. The van der Waals surface area contributed by atoms with Crippen LogP contribution in [0.15, 0.2) is 53.0 Å². The highest BCUT2D eigenvalue weighted by atomic mass is 79.9. The van der Waals surface area contributed by atoms with E-state index in [0.717, 1.165) is 10.9 Å². The maximum Gasteiger partial charge on any atom is 0.0438 e. The van der Waals surface area contributed by atoms with Crippen molar-refractivity contribution in [1.29, 1.82) is 0 Å². The minimum atomic E-state index is 0.167. The van der Waals surface area contributed by atoms with Crippen LogP contribution in [0.2, 0.25) is 0 Å². The Bertz CT molecular complexity index is 582.